The van der Waals surface area contributed by atoms with E-state index in [4.69, 9.17) is 0 Å². The van der Waals surface area contributed by atoms with Gasteiger partial charge < -0.3 is 0 Å². The minimum Gasteiger partial charge on any atom is -0.298 e. The lowest BCUT2D eigenvalue weighted by molar-refractivity contribution is 0.486. The zero-order valence-electron chi connectivity index (χ0n) is 11.9. The Kier molecular flexibility index (Phi) is 4.00. The normalized spacial score (nSPS) is 12.1. The summed E-state index contributed by atoms with van der Waals surface area (Å²) in [5.74, 6) is -1.10. The predicted octanol–water partition coefficient (Wildman–Crippen LogP) is 4.33. The van der Waals surface area contributed by atoms with E-state index in [-0.39, 0.29) is 5.56 Å². The van der Waals surface area contributed by atoms with Crippen molar-refractivity contribution in [2.75, 3.05) is 21.1 Å². The number of halogens is 2. The molecule has 2 aromatic rings. The van der Waals surface area contributed by atoms with Crippen LogP contribution in [-0.4, -0.2) is 21.1 Å². The van der Waals surface area contributed by atoms with Crippen molar-refractivity contribution in [2.24, 2.45) is 0 Å². The molecule has 0 amide bonds. The molecule has 2 aromatic carbocycles. The van der Waals surface area contributed by atoms with E-state index in [1.807, 2.05) is 24.3 Å². The Labute approximate surface area is 118 Å². The van der Waals surface area contributed by atoms with E-state index in [0.29, 0.717) is 0 Å². The molecule has 0 N–H and O–H groups in total. The van der Waals surface area contributed by atoms with Crippen LogP contribution in [0.5, 0.6) is 0 Å². The van der Waals surface area contributed by atoms with Crippen LogP contribution in [0.2, 0.25) is 0 Å². The van der Waals surface area contributed by atoms with E-state index in [1.165, 1.54) is 30.0 Å². The summed E-state index contributed by atoms with van der Waals surface area (Å²) < 4.78 is 27.7. The van der Waals surface area contributed by atoms with Crippen LogP contribution in [0.15, 0.2) is 42.5 Å². The maximum Gasteiger partial charge on any atom is 0.133 e. The molecule has 104 valence electrons. The molecular formula is C17H18F2N+. The summed E-state index contributed by atoms with van der Waals surface area (Å²) in [7, 11) is 6.25. The van der Waals surface area contributed by atoms with Crippen molar-refractivity contribution in [1.29, 1.82) is 0 Å². The van der Waals surface area contributed by atoms with Gasteiger partial charge in [-0.15, -0.1) is 0 Å². The standard InChI is InChI=1S/C17H18F2N/c1-20(2,3)14-10-7-13(8-11-14)9-12-15-16(18)5-4-6-17(15)19/h4-12H,1-3H3/q+1. The Morgan fingerprint density at radius 1 is 0.800 bits per heavy atom. The van der Waals surface area contributed by atoms with Crippen molar-refractivity contribution in [2.45, 2.75) is 0 Å². The van der Waals surface area contributed by atoms with Gasteiger partial charge in [-0.3, -0.25) is 4.48 Å². The number of hydrogen-bond donors (Lipinski definition) is 0. The summed E-state index contributed by atoms with van der Waals surface area (Å²) in [6, 6.07) is 11.8. The summed E-state index contributed by atoms with van der Waals surface area (Å²) in [6.45, 7) is 0. The molecule has 0 heterocycles. The van der Waals surface area contributed by atoms with Gasteiger partial charge in [-0.1, -0.05) is 12.1 Å². The maximum atomic E-state index is 13.5. The zero-order chi connectivity index (χ0) is 14.8. The second-order valence-corrected chi connectivity index (χ2v) is 5.57. The van der Waals surface area contributed by atoms with E-state index in [2.05, 4.69) is 21.1 Å². The Bertz CT molecular complexity index is 602. The first-order valence-electron chi connectivity index (χ1n) is 6.42. The van der Waals surface area contributed by atoms with Crippen LogP contribution in [-0.2, 0) is 0 Å². The van der Waals surface area contributed by atoms with Crippen LogP contribution in [0.25, 0.3) is 12.2 Å². The van der Waals surface area contributed by atoms with Crippen LogP contribution in [0.4, 0.5) is 14.5 Å². The summed E-state index contributed by atoms with van der Waals surface area (Å²) in [4.78, 5) is 0. The molecular weight excluding hydrogens is 256 g/mol. The third-order valence-corrected chi connectivity index (χ3v) is 3.11. The lowest BCUT2D eigenvalue weighted by atomic mass is 10.1. The van der Waals surface area contributed by atoms with Gasteiger partial charge in [0.15, 0.2) is 0 Å². The Morgan fingerprint density at radius 3 is 1.85 bits per heavy atom. The van der Waals surface area contributed by atoms with Crippen LogP contribution >= 0.6 is 0 Å². The summed E-state index contributed by atoms with van der Waals surface area (Å²) in [5, 5.41) is 0. The van der Waals surface area contributed by atoms with Crippen LogP contribution in [0.1, 0.15) is 11.1 Å². The van der Waals surface area contributed by atoms with Gasteiger partial charge in [0, 0.05) is 5.56 Å². The lowest BCUT2D eigenvalue weighted by Crippen LogP contribution is -2.34. The van der Waals surface area contributed by atoms with Crippen molar-refractivity contribution < 1.29 is 8.78 Å². The molecule has 0 saturated heterocycles. The highest BCUT2D eigenvalue weighted by molar-refractivity contribution is 5.70. The number of nitrogens with zero attached hydrogens (tertiary/aromatic N) is 1. The van der Waals surface area contributed by atoms with Crippen molar-refractivity contribution in [3.63, 3.8) is 0 Å². The molecule has 3 heteroatoms. The van der Waals surface area contributed by atoms with Gasteiger partial charge in [0.25, 0.3) is 0 Å². The maximum absolute atomic E-state index is 13.5. The summed E-state index contributed by atoms with van der Waals surface area (Å²) in [5.41, 5.74) is 2.06. The summed E-state index contributed by atoms with van der Waals surface area (Å²) >= 11 is 0. The average molecular weight is 274 g/mol. The highest BCUT2D eigenvalue weighted by atomic mass is 19.1. The SMILES string of the molecule is C[N+](C)(C)c1ccc(C=Cc2c(F)cccc2F)cc1. The molecule has 0 radical (unpaired) electrons. The highest BCUT2D eigenvalue weighted by Gasteiger charge is 2.10. The zero-order valence-corrected chi connectivity index (χ0v) is 11.9. The number of benzene rings is 2. The topological polar surface area (TPSA) is 0 Å². The molecule has 2 rings (SSSR count). The highest BCUT2D eigenvalue weighted by Crippen LogP contribution is 2.19. The van der Waals surface area contributed by atoms with Crippen molar-refractivity contribution in [3.8, 4) is 0 Å². The van der Waals surface area contributed by atoms with Gasteiger partial charge in [0.2, 0.25) is 0 Å². The molecule has 0 atom stereocenters. The molecule has 0 bridgehead atoms. The van der Waals surface area contributed by atoms with E-state index < -0.39 is 11.6 Å². The van der Waals surface area contributed by atoms with Gasteiger partial charge in [-0.05, 0) is 48.0 Å². The van der Waals surface area contributed by atoms with E-state index in [1.54, 1.807) is 6.08 Å². The fourth-order valence-corrected chi connectivity index (χ4v) is 1.88. The molecule has 0 spiro atoms. The minimum absolute atomic E-state index is 0.0109. The summed E-state index contributed by atoms with van der Waals surface area (Å²) in [6.07, 6.45) is 3.17. The first kappa shape index (κ1) is 14.4. The molecule has 0 fully saturated rings. The Balaban J connectivity index is 2.24. The number of rotatable bonds is 3. The van der Waals surface area contributed by atoms with Gasteiger partial charge in [0.1, 0.15) is 17.3 Å². The predicted molar refractivity (Wildman–Crippen MR) is 81.3 cm³/mol. The molecule has 0 aliphatic carbocycles. The fourth-order valence-electron chi connectivity index (χ4n) is 1.88. The van der Waals surface area contributed by atoms with Crippen LogP contribution in [0.3, 0.4) is 0 Å². The van der Waals surface area contributed by atoms with Crippen molar-refractivity contribution in [3.05, 3.63) is 65.2 Å². The van der Waals surface area contributed by atoms with Crippen LogP contribution in [0, 0.1) is 11.6 Å². The lowest BCUT2D eigenvalue weighted by Gasteiger charge is -2.23. The number of hydrogen-bond acceptors (Lipinski definition) is 0. The van der Waals surface area contributed by atoms with E-state index in [0.717, 1.165) is 10.0 Å². The van der Waals surface area contributed by atoms with Crippen molar-refractivity contribution in [1.82, 2.24) is 4.48 Å². The molecule has 0 saturated carbocycles. The largest absolute Gasteiger partial charge is 0.298 e. The second kappa shape index (κ2) is 5.55. The quantitative estimate of drug-likeness (QED) is 0.577. The van der Waals surface area contributed by atoms with Gasteiger partial charge in [-0.25, -0.2) is 8.78 Å². The van der Waals surface area contributed by atoms with Crippen molar-refractivity contribution >= 4 is 17.8 Å². The molecule has 0 unspecified atom stereocenters. The third-order valence-electron chi connectivity index (χ3n) is 3.11. The van der Waals surface area contributed by atoms with Crippen LogP contribution < -0.4 is 4.48 Å². The second-order valence-electron chi connectivity index (χ2n) is 5.57. The van der Waals surface area contributed by atoms with Gasteiger partial charge in [0.05, 0.1) is 21.1 Å². The Hall–Kier alpha value is -2.00. The van der Waals surface area contributed by atoms with E-state index >= 15 is 0 Å². The first-order chi connectivity index (χ1) is 9.38. The molecule has 0 aliphatic rings. The molecule has 0 aromatic heterocycles. The minimum atomic E-state index is -0.552. The fraction of sp³-hybridized carbons (Fsp3) is 0.176. The first-order valence-corrected chi connectivity index (χ1v) is 6.42. The molecule has 0 aliphatic heterocycles. The third kappa shape index (κ3) is 3.31. The molecule has 1 nitrogen and oxygen atoms in total. The average Bonchev–Trinajstić information content (AvgIpc) is 2.37. The monoisotopic (exact) mass is 274 g/mol. The van der Waals surface area contributed by atoms with E-state index in [9.17, 15) is 8.78 Å². The number of quaternary nitrogens is 1. The van der Waals surface area contributed by atoms with Gasteiger partial charge >= 0.3 is 0 Å². The van der Waals surface area contributed by atoms with Gasteiger partial charge in [-0.2, -0.15) is 0 Å². The Morgan fingerprint density at radius 2 is 1.35 bits per heavy atom. The smallest absolute Gasteiger partial charge is 0.133 e. The molecule has 20 heavy (non-hydrogen) atoms.